The Labute approximate surface area is 171 Å². The fraction of sp³-hybridized carbons (Fsp3) is 0.550. The highest BCUT2D eigenvalue weighted by atomic mass is 32.2. The van der Waals surface area contributed by atoms with Crippen LogP contribution in [0.1, 0.15) is 42.5 Å². The maximum Gasteiger partial charge on any atom is 0.242 e. The monoisotopic (exact) mass is 417 g/mol. The first-order valence-electron chi connectivity index (χ1n) is 10.2. The zero-order valence-electron chi connectivity index (χ0n) is 16.5. The second-order valence-electron chi connectivity index (χ2n) is 7.71. The van der Waals surface area contributed by atoms with Crippen molar-refractivity contribution in [3.63, 3.8) is 0 Å². The summed E-state index contributed by atoms with van der Waals surface area (Å²) >= 11 is 0. The van der Waals surface area contributed by atoms with Gasteiger partial charge in [0.2, 0.25) is 5.91 Å². The lowest BCUT2D eigenvalue weighted by atomic mass is 10.0. The van der Waals surface area contributed by atoms with Crippen LogP contribution in [-0.4, -0.2) is 58.6 Å². The predicted molar refractivity (Wildman–Crippen MR) is 109 cm³/mol. The van der Waals surface area contributed by atoms with E-state index < -0.39 is 15.9 Å². The van der Waals surface area contributed by atoms with Gasteiger partial charge in [-0.25, -0.2) is 8.42 Å². The second kappa shape index (κ2) is 8.62. The van der Waals surface area contributed by atoms with Crippen LogP contribution in [0.25, 0.3) is 0 Å². The molecule has 2 aromatic rings. The molecule has 2 aliphatic heterocycles. The first-order valence-corrected chi connectivity index (χ1v) is 12.0. The minimum atomic E-state index is -3.01. The molecule has 1 fully saturated rings. The van der Waals surface area contributed by atoms with Gasteiger partial charge in [-0.3, -0.25) is 9.69 Å². The zero-order valence-corrected chi connectivity index (χ0v) is 17.3. The van der Waals surface area contributed by atoms with Crippen molar-refractivity contribution in [1.82, 2.24) is 25.0 Å². The van der Waals surface area contributed by atoms with Crippen molar-refractivity contribution < 1.29 is 13.2 Å². The van der Waals surface area contributed by atoms with Gasteiger partial charge >= 0.3 is 0 Å². The van der Waals surface area contributed by atoms with Crippen LogP contribution in [0.5, 0.6) is 0 Å². The first-order chi connectivity index (χ1) is 14.0. The number of hydrogen-bond acceptors (Lipinski definition) is 6. The van der Waals surface area contributed by atoms with E-state index in [0.29, 0.717) is 19.6 Å². The van der Waals surface area contributed by atoms with Gasteiger partial charge < -0.3 is 9.88 Å². The Morgan fingerprint density at radius 1 is 1.03 bits per heavy atom. The van der Waals surface area contributed by atoms with Gasteiger partial charge in [0.05, 0.1) is 18.1 Å². The molecule has 1 atom stereocenters. The number of nitrogens with zero attached hydrogens (tertiary/aromatic N) is 4. The molecule has 0 bridgehead atoms. The summed E-state index contributed by atoms with van der Waals surface area (Å²) in [5, 5.41) is 11.6. The molecule has 1 unspecified atom stereocenters. The zero-order chi connectivity index (χ0) is 20.3. The summed E-state index contributed by atoms with van der Waals surface area (Å²) in [6.45, 7) is 1.92. The average molecular weight is 418 g/mol. The van der Waals surface area contributed by atoms with E-state index >= 15 is 0 Å². The Balaban J connectivity index is 1.49. The van der Waals surface area contributed by atoms with Crippen LogP contribution in [0.15, 0.2) is 30.3 Å². The lowest BCUT2D eigenvalue weighted by molar-refractivity contribution is -0.126. The van der Waals surface area contributed by atoms with Crippen molar-refractivity contribution >= 4 is 15.7 Å². The number of rotatable bonds is 5. The quantitative estimate of drug-likeness (QED) is 0.782. The van der Waals surface area contributed by atoms with Gasteiger partial charge in [0.25, 0.3) is 0 Å². The summed E-state index contributed by atoms with van der Waals surface area (Å²) in [6.07, 6.45) is 4.33. The van der Waals surface area contributed by atoms with Crippen molar-refractivity contribution in [1.29, 1.82) is 0 Å². The highest BCUT2D eigenvalue weighted by Crippen LogP contribution is 2.23. The largest absolute Gasteiger partial charge is 0.347 e. The number of aromatic nitrogens is 3. The van der Waals surface area contributed by atoms with Crippen LogP contribution in [0.3, 0.4) is 0 Å². The molecule has 29 heavy (non-hydrogen) atoms. The summed E-state index contributed by atoms with van der Waals surface area (Å²) in [7, 11) is -3.01. The molecule has 1 aromatic heterocycles. The minimum Gasteiger partial charge on any atom is -0.347 e. The number of benzene rings is 1. The molecular formula is C20H27N5O3S. The SMILES string of the molecule is O=C(NCc1nnc2n1CCCCC2)C(c1ccccc1)N1CCS(=O)(=O)CC1. The van der Waals surface area contributed by atoms with E-state index in [4.69, 9.17) is 0 Å². The lowest BCUT2D eigenvalue weighted by Gasteiger charge is -2.33. The van der Waals surface area contributed by atoms with Crippen LogP contribution < -0.4 is 5.32 Å². The number of nitrogens with one attached hydrogen (secondary N) is 1. The lowest BCUT2D eigenvalue weighted by Crippen LogP contribution is -2.47. The van der Waals surface area contributed by atoms with Gasteiger partial charge in [0, 0.05) is 26.1 Å². The number of sulfone groups is 1. The molecule has 0 aliphatic carbocycles. The van der Waals surface area contributed by atoms with Crippen LogP contribution in [0.2, 0.25) is 0 Å². The number of aryl methyl sites for hydroxylation is 1. The van der Waals surface area contributed by atoms with Crippen LogP contribution in [0.4, 0.5) is 0 Å². The normalized spacial score (nSPS) is 20.4. The summed E-state index contributed by atoms with van der Waals surface area (Å²) in [4.78, 5) is 15.1. The van der Waals surface area contributed by atoms with E-state index in [0.717, 1.165) is 43.0 Å². The van der Waals surface area contributed by atoms with Gasteiger partial charge in [-0.2, -0.15) is 0 Å². The van der Waals surface area contributed by atoms with Gasteiger partial charge in [0.15, 0.2) is 15.7 Å². The molecule has 1 N–H and O–H groups in total. The van der Waals surface area contributed by atoms with Crippen molar-refractivity contribution in [3.8, 4) is 0 Å². The summed E-state index contributed by atoms with van der Waals surface area (Å²) in [5.41, 5.74) is 0.865. The molecular weight excluding hydrogens is 390 g/mol. The van der Waals surface area contributed by atoms with Gasteiger partial charge in [0.1, 0.15) is 11.9 Å². The maximum absolute atomic E-state index is 13.2. The predicted octanol–water partition coefficient (Wildman–Crippen LogP) is 1.09. The smallest absolute Gasteiger partial charge is 0.242 e. The number of fused-ring (bicyclic) bond motifs is 1. The molecule has 0 radical (unpaired) electrons. The van der Waals surface area contributed by atoms with Gasteiger partial charge in [-0.15, -0.1) is 10.2 Å². The first kappa shape index (κ1) is 20.0. The third-order valence-electron chi connectivity index (χ3n) is 5.71. The molecule has 1 amide bonds. The minimum absolute atomic E-state index is 0.0846. The third-order valence-corrected chi connectivity index (χ3v) is 7.32. The van der Waals surface area contributed by atoms with E-state index in [2.05, 4.69) is 20.1 Å². The second-order valence-corrected chi connectivity index (χ2v) is 10.0. The highest BCUT2D eigenvalue weighted by molar-refractivity contribution is 7.91. The molecule has 1 aromatic carbocycles. The molecule has 0 saturated carbocycles. The molecule has 2 aliphatic rings. The Morgan fingerprint density at radius 2 is 1.79 bits per heavy atom. The number of amides is 1. The van der Waals surface area contributed by atoms with E-state index in [1.54, 1.807) is 0 Å². The molecule has 9 heteroatoms. The van der Waals surface area contributed by atoms with E-state index in [1.165, 1.54) is 6.42 Å². The number of carbonyl (C=O) groups is 1. The highest BCUT2D eigenvalue weighted by Gasteiger charge is 2.32. The Kier molecular flexibility index (Phi) is 5.96. The van der Waals surface area contributed by atoms with Crippen LogP contribution in [-0.2, 0) is 34.1 Å². The Morgan fingerprint density at radius 3 is 2.55 bits per heavy atom. The maximum atomic E-state index is 13.2. The fourth-order valence-electron chi connectivity index (χ4n) is 4.09. The summed E-state index contributed by atoms with van der Waals surface area (Å²) in [5.74, 6) is 1.81. The molecule has 4 rings (SSSR count). The van der Waals surface area contributed by atoms with Crippen molar-refractivity contribution in [2.24, 2.45) is 0 Å². The summed E-state index contributed by atoms with van der Waals surface area (Å²) in [6, 6.07) is 9.01. The van der Waals surface area contributed by atoms with Crippen molar-refractivity contribution in [3.05, 3.63) is 47.5 Å². The van der Waals surface area contributed by atoms with Crippen LogP contribution in [0, 0.1) is 0 Å². The van der Waals surface area contributed by atoms with Crippen molar-refractivity contribution in [2.45, 2.75) is 44.8 Å². The van der Waals surface area contributed by atoms with Gasteiger partial charge in [-0.05, 0) is 18.4 Å². The van der Waals surface area contributed by atoms with Crippen LogP contribution >= 0.6 is 0 Å². The number of carbonyl (C=O) groups excluding carboxylic acids is 1. The average Bonchev–Trinajstić information content (AvgIpc) is 2.94. The van der Waals surface area contributed by atoms with E-state index in [9.17, 15) is 13.2 Å². The molecule has 0 spiro atoms. The Hall–Kier alpha value is -2.26. The topological polar surface area (TPSA) is 97.2 Å². The van der Waals surface area contributed by atoms with E-state index in [1.807, 2.05) is 35.2 Å². The fourth-order valence-corrected chi connectivity index (χ4v) is 5.32. The van der Waals surface area contributed by atoms with Crippen molar-refractivity contribution in [2.75, 3.05) is 24.6 Å². The molecule has 3 heterocycles. The molecule has 1 saturated heterocycles. The van der Waals surface area contributed by atoms with E-state index in [-0.39, 0.29) is 17.4 Å². The molecule has 8 nitrogen and oxygen atoms in total. The Bertz CT molecular complexity index is 944. The third kappa shape index (κ3) is 4.67. The summed E-state index contributed by atoms with van der Waals surface area (Å²) < 4.78 is 25.8. The molecule has 156 valence electrons. The van der Waals surface area contributed by atoms with Gasteiger partial charge in [-0.1, -0.05) is 36.8 Å². The number of hydrogen-bond donors (Lipinski definition) is 1. The standard InChI is InChI=1S/C20H27N5O3S/c26-20(21-15-18-23-22-17-9-5-2-6-10-25(17)18)19(16-7-3-1-4-8-16)24-11-13-29(27,28)14-12-24/h1,3-4,7-8,19H,2,5-6,9-15H2,(H,21,26).